The first-order valence-corrected chi connectivity index (χ1v) is 19.3. The third kappa shape index (κ3) is 6.29. The molecule has 238 valence electrons. The van der Waals surface area contributed by atoms with Crippen molar-refractivity contribution in [3.8, 4) is 33.4 Å². The van der Waals surface area contributed by atoms with Crippen molar-refractivity contribution in [2.24, 2.45) is 0 Å². The van der Waals surface area contributed by atoms with Crippen LogP contribution in [0.3, 0.4) is 0 Å². The van der Waals surface area contributed by atoms with Crippen LogP contribution in [0.25, 0.3) is 76.5 Å². The first kappa shape index (κ1) is 48.9. The third-order valence-corrected chi connectivity index (χ3v) is 12.8. The topological polar surface area (TPSA) is 0 Å². The molecule has 0 aliphatic heterocycles. The minimum absolute atomic E-state index is 0.00835. The fourth-order valence-electron chi connectivity index (χ4n) is 9.21. The first-order valence-electron chi connectivity index (χ1n) is 19.3. The number of hydrogen-bond donors (Lipinski definition) is 0. The Balaban J connectivity index is 1.71. The number of fused-ring (bicyclic) bond motifs is 4. The van der Waals surface area contributed by atoms with Gasteiger partial charge in [0.05, 0.1) is 0 Å². The fraction of sp³-hybridized carbons (Fsp3) is 0. The predicted octanol–water partition coefficient (Wildman–Crippen LogP) is -20.1. The number of rotatable bonds is 3. The highest BCUT2D eigenvalue weighted by atomic mass is 14.3. The van der Waals surface area contributed by atoms with E-state index in [1.165, 1.54) is 0 Å². The van der Waals surface area contributed by atoms with Crippen LogP contribution in [0.4, 0.5) is 0 Å². The van der Waals surface area contributed by atoms with Crippen LogP contribution in [-0.4, -0.2) is 204 Å². The van der Waals surface area contributed by atoms with Crippen LogP contribution < -0.4 is 142 Å². The average Bonchev–Trinajstić information content (AvgIpc) is 3.28. The van der Waals surface area contributed by atoms with E-state index in [-0.39, 0.29) is 219 Å². The van der Waals surface area contributed by atoms with Gasteiger partial charge in [0.15, 0.2) is 0 Å². The van der Waals surface area contributed by atoms with Gasteiger partial charge in [0.2, 0.25) is 0 Å². The smallest absolute Gasteiger partial charge is 0.110 e. The summed E-state index contributed by atoms with van der Waals surface area (Å²) in [5.74, 6) is 0. The van der Waals surface area contributed by atoms with E-state index in [0.29, 0.717) is 0 Å². The molecule has 0 heterocycles. The maximum Gasteiger partial charge on any atom is 0.115 e. The summed E-state index contributed by atoms with van der Waals surface area (Å²) in [6, 6.07) is 0. The summed E-state index contributed by atoms with van der Waals surface area (Å²) in [5, 5.41) is 0.298. The molecule has 0 fully saturated rings. The lowest BCUT2D eigenvalue weighted by molar-refractivity contribution is 1.82. The van der Waals surface area contributed by atoms with Crippen molar-refractivity contribution in [2.45, 2.75) is 0 Å². The lowest BCUT2D eigenvalue weighted by Crippen LogP contribution is -2.53. The second kappa shape index (κ2) is 16.6. The van der Waals surface area contributed by atoms with Gasteiger partial charge in [-0.25, -0.2) is 0 Å². The lowest BCUT2D eigenvalue weighted by Gasteiger charge is -2.33. The maximum absolute atomic E-state index is 7.27. The summed E-state index contributed by atoms with van der Waals surface area (Å²) < 4.78 is 0. The van der Waals surface area contributed by atoms with Gasteiger partial charge in [0.1, 0.15) is 204 Å². The Morgan fingerprint density at radius 1 is 0.0909 bits per heavy atom. The lowest BCUT2D eigenvalue weighted by atomic mass is 9.55. The van der Waals surface area contributed by atoms with E-state index >= 15 is 0 Å². The van der Waals surface area contributed by atoms with E-state index in [9.17, 15) is 0 Å². The highest BCUT2D eigenvalue weighted by Gasteiger charge is 2.30. The minimum atomic E-state index is -0.244. The SMILES string of the molecule is [B]c1c([B])c(-c2c([B])c([B])c3c([B])c([B])c([B])c([B])c3c2[B])c([B])c(-c2c3c([B])c([B])c([B])c([B])c3c(-c3c([B])c([B])c4c([B])c([B])c([B])c([B])c4c3[B])c3c([B])c([B])c([B])c([B])c23)c1[B]. The summed E-state index contributed by atoms with van der Waals surface area (Å²) in [7, 11) is 175. The van der Waals surface area contributed by atoms with Gasteiger partial charge in [-0.3, -0.25) is 0 Å². The minimum Gasteiger partial charge on any atom is -0.110 e. The molecule has 0 nitrogen and oxygen atoms in total. The van der Waals surface area contributed by atoms with Crippen molar-refractivity contribution in [1.29, 1.82) is 0 Å². The van der Waals surface area contributed by atoms with Gasteiger partial charge < -0.3 is 0 Å². The molecular weight excluding hydrogens is 762 g/mol. The molecule has 8 rings (SSSR count). The van der Waals surface area contributed by atoms with Crippen molar-refractivity contribution in [2.75, 3.05) is 0 Å². The molecule has 26 heteroatoms. The van der Waals surface area contributed by atoms with Crippen molar-refractivity contribution in [3.63, 3.8) is 0 Å². The third-order valence-electron chi connectivity index (χ3n) is 12.8. The van der Waals surface area contributed by atoms with Gasteiger partial charge in [-0.1, -0.05) is 92.9 Å². The van der Waals surface area contributed by atoms with Crippen molar-refractivity contribution < 1.29 is 0 Å². The normalized spacial score (nSPS) is 11.7. The van der Waals surface area contributed by atoms with E-state index in [1.54, 1.807) is 0 Å². The van der Waals surface area contributed by atoms with Crippen molar-refractivity contribution in [1.82, 2.24) is 0 Å². The van der Waals surface area contributed by atoms with Crippen LogP contribution >= 0.6 is 0 Å². The van der Waals surface area contributed by atoms with Crippen LogP contribution in [-0.2, 0) is 0 Å². The molecule has 8 aromatic rings. The van der Waals surface area contributed by atoms with Crippen LogP contribution in [0.5, 0.6) is 0 Å². The average molecular weight is 762 g/mol. The van der Waals surface area contributed by atoms with Crippen molar-refractivity contribution in [3.05, 3.63) is 0 Å². The Morgan fingerprint density at radius 2 is 0.227 bits per heavy atom. The standard InChI is InChI=1S/C40B26/c41-15-7(22(48)24(50)13-11(15)28(54)37(63)39(65)30(13)56)1-3-5(20(46)35(61)33(59)18(3)44)2(6-4(1)19(45)34(60)36(62)21(6)47)8-16(42)10(27(53)32(58)26(8)52)9-17(43)12-14(25(51)23(9)49)31(57)40(66)38(64)29(12)55. The van der Waals surface area contributed by atoms with E-state index < -0.39 is 0 Å². The van der Waals surface area contributed by atoms with Crippen LogP contribution in [0, 0.1) is 0 Å². The predicted molar refractivity (Wildman–Crippen MR) is 313 cm³/mol. The molecule has 52 radical (unpaired) electrons. The van der Waals surface area contributed by atoms with E-state index in [1.807, 2.05) is 0 Å². The molecule has 0 saturated heterocycles. The molecule has 0 aliphatic carbocycles. The highest BCUT2D eigenvalue weighted by molar-refractivity contribution is 6.77. The molecule has 66 heavy (non-hydrogen) atoms. The molecule has 0 spiro atoms. The second-order valence-electron chi connectivity index (χ2n) is 16.0. The zero-order valence-electron chi connectivity index (χ0n) is 35.0. The van der Waals surface area contributed by atoms with Crippen molar-refractivity contribution >= 4 is 389 Å². The summed E-state index contributed by atoms with van der Waals surface area (Å²) in [4.78, 5) is 0. The molecule has 0 aromatic heterocycles. The first-order chi connectivity index (χ1) is 30.7. The quantitative estimate of drug-likeness (QED) is 0.124. The molecule has 0 N–H and O–H groups in total. The second-order valence-corrected chi connectivity index (χ2v) is 16.0. The summed E-state index contributed by atoms with van der Waals surface area (Å²) in [6.45, 7) is 0. The molecule has 0 amide bonds. The molecule has 0 unspecified atom stereocenters. The molecular formula is C40B26. The summed E-state index contributed by atoms with van der Waals surface area (Å²) in [6.07, 6.45) is 0. The Hall–Kier alpha value is -3.51. The number of hydrogen-bond acceptors (Lipinski definition) is 0. The Bertz CT molecular complexity index is 3570. The van der Waals surface area contributed by atoms with E-state index in [4.69, 9.17) is 204 Å². The van der Waals surface area contributed by atoms with Crippen LogP contribution in [0.1, 0.15) is 0 Å². The van der Waals surface area contributed by atoms with Gasteiger partial charge in [0, 0.05) is 0 Å². The maximum atomic E-state index is 7.27. The van der Waals surface area contributed by atoms with Crippen LogP contribution in [0.15, 0.2) is 0 Å². The molecule has 8 aromatic carbocycles. The largest absolute Gasteiger partial charge is 0.115 e. The van der Waals surface area contributed by atoms with Gasteiger partial charge in [-0.2, -0.15) is 0 Å². The monoisotopic (exact) mass is 766 g/mol. The zero-order chi connectivity index (χ0) is 49.1. The van der Waals surface area contributed by atoms with Gasteiger partial charge in [-0.05, 0) is 76.5 Å². The molecule has 0 saturated carbocycles. The Labute approximate surface area is 419 Å². The van der Waals surface area contributed by atoms with Gasteiger partial charge in [0.25, 0.3) is 0 Å². The van der Waals surface area contributed by atoms with Gasteiger partial charge >= 0.3 is 0 Å². The zero-order valence-corrected chi connectivity index (χ0v) is 35.0. The molecule has 0 bridgehead atoms. The Kier molecular flexibility index (Phi) is 12.3. The van der Waals surface area contributed by atoms with E-state index in [2.05, 4.69) is 0 Å². The van der Waals surface area contributed by atoms with Crippen LogP contribution in [0.2, 0.25) is 0 Å². The Morgan fingerprint density at radius 3 is 0.485 bits per heavy atom. The molecule has 0 atom stereocenters. The highest BCUT2D eigenvalue weighted by Crippen LogP contribution is 2.39. The van der Waals surface area contributed by atoms with E-state index in [0.717, 1.165) is 0 Å². The fourth-order valence-corrected chi connectivity index (χ4v) is 9.21. The summed E-state index contributed by atoms with van der Waals surface area (Å²) in [5.41, 5.74) is -4.16. The van der Waals surface area contributed by atoms with Gasteiger partial charge in [-0.15, -0.1) is 49.2 Å². The number of benzene rings is 8. The summed E-state index contributed by atoms with van der Waals surface area (Å²) >= 11 is 0. The molecule has 0 aliphatic rings.